The number of amides is 1. The second-order valence-electron chi connectivity index (χ2n) is 4.46. The van der Waals surface area contributed by atoms with Crippen LogP contribution in [-0.4, -0.2) is 15.9 Å². The Labute approximate surface area is 132 Å². The van der Waals surface area contributed by atoms with Crippen molar-refractivity contribution < 1.29 is 18.0 Å². The summed E-state index contributed by atoms with van der Waals surface area (Å²) >= 11 is 1.12. The zero-order chi connectivity index (χ0) is 16.4. The van der Waals surface area contributed by atoms with E-state index >= 15 is 0 Å². The van der Waals surface area contributed by atoms with E-state index in [0.29, 0.717) is 11.8 Å². The standard InChI is InChI=1S/C15H8F3N3OS/c16-10-4-3-9(12(17)13(10)18)14(22)21-15-20-11(7-23-15)8-2-1-5-19-6-8/h1-7H,(H,20,21,22). The van der Waals surface area contributed by atoms with Crippen molar-refractivity contribution in [3.05, 3.63) is 65.1 Å². The van der Waals surface area contributed by atoms with Gasteiger partial charge in [-0.1, -0.05) is 0 Å². The quantitative estimate of drug-likeness (QED) is 0.739. The van der Waals surface area contributed by atoms with Crippen molar-refractivity contribution in [2.24, 2.45) is 0 Å². The topological polar surface area (TPSA) is 54.9 Å². The van der Waals surface area contributed by atoms with Crippen LogP contribution in [0.25, 0.3) is 11.3 Å². The van der Waals surface area contributed by atoms with Gasteiger partial charge >= 0.3 is 0 Å². The molecule has 2 heterocycles. The van der Waals surface area contributed by atoms with Gasteiger partial charge in [-0.2, -0.15) is 0 Å². The Hall–Kier alpha value is -2.74. The second-order valence-corrected chi connectivity index (χ2v) is 5.31. The molecule has 0 aliphatic carbocycles. The summed E-state index contributed by atoms with van der Waals surface area (Å²) in [6, 6.07) is 5.10. The molecule has 0 radical (unpaired) electrons. The van der Waals surface area contributed by atoms with Crippen molar-refractivity contribution in [2.45, 2.75) is 0 Å². The summed E-state index contributed by atoms with van der Waals surface area (Å²) in [5.74, 6) is -5.49. The fourth-order valence-electron chi connectivity index (χ4n) is 1.84. The molecule has 3 rings (SSSR count). The molecule has 8 heteroatoms. The summed E-state index contributed by atoms with van der Waals surface area (Å²) in [6.45, 7) is 0. The molecular weight excluding hydrogens is 327 g/mol. The first-order valence-corrected chi connectivity index (χ1v) is 7.25. The molecule has 0 unspecified atom stereocenters. The van der Waals surface area contributed by atoms with E-state index in [0.717, 1.165) is 23.0 Å². The number of thiazole rings is 1. The summed E-state index contributed by atoms with van der Waals surface area (Å²) in [5, 5.41) is 4.25. The lowest BCUT2D eigenvalue weighted by molar-refractivity contribution is 0.102. The Bertz CT molecular complexity index is 868. The molecule has 0 saturated carbocycles. The molecular formula is C15H8F3N3OS. The van der Waals surface area contributed by atoms with E-state index in [1.165, 1.54) is 0 Å². The number of carbonyl (C=O) groups excluding carboxylic acids is 1. The maximum absolute atomic E-state index is 13.6. The minimum absolute atomic E-state index is 0.206. The number of nitrogens with zero attached hydrogens (tertiary/aromatic N) is 2. The smallest absolute Gasteiger partial charge is 0.260 e. The lowest BCUT2D eigenvalue weighted by Gasteiger charge is -2.04. The number of rotatable bonds is 3. The SMILES string of the molecule is O=C(Nc1nc(-c2cccnc2)cs1)c1ccc(F)c(F)c1F. The third-order valence-corrected chi connectivity index (χ3v) is 3.72. The minimum Gasteiger partial charge on any atom is -0.298 e. The van der Waals surface area contributed by atoms with Crippen LogP contribution in [0.15, 0.2) is 42.0 Å². The Balaban J connectivity index is 1.82. The van der Waals surface area contributed by atoms with E-state index in [4.69, 9.17) is 0 Å². The molecule has 0 saturated heterocycles. The molecule has 0 fully saturated rings. The molecule has 1 aromatic carbocycles. The molecule has 0 aliphatic rings. The maximum Gasteiger partial charge on any atom is 0.260 e. The molecule has 0 bridgehead atoms. The van der Waals surface area contributed by atoms with Crippen LogP contribution in [0.2, 0.25) is 0 Å². The highest BCUT2D eigenvalue weighted by atomic mass is 32.1. The number of pyridine rings is 1. The van der Waals surface area contributed by atoms with Crippen molar-refractivity contribution in [1.82, 2.24) is 9.97 Å². The van der Waals surface area contributed by atoms with Gasteiger partial charge in [0.1, 0.15) is 0 Å². The van der Waals surface area contributed by atoms with Crippen LogP contribution < -0.4 is 5.32 Å². The molecule has 3 aromatic rings. The molecule has 4 nitrogen and oxygen atoms in total. The summed E-state index contributed by atoms with van der Waals surface area (Å²) in [4.78, 5) is 20.1. The number of hydrogen-bond acceptors (Lipinski definition) is 4. The van der Waals surface area contributed by atoms with E-state index in [2.05, 4.69) is 15.3 Å². The van der Waals surface area contributed by atoms with Gasteiger partial charge in [0.2, 0.25) is 0 Å². The number of hydrogen-bond donors (Lipinski definition) is 1. The Morgan fingerprint density at radius 2 is 1.96 bits per heavy atom. The summed E-state index contributed by atoms with van der Waals surface area (Å²) < 4.78 is 39.6. The maximum atomic E-state index is 13.6. The Kier molecular flexibility index (Phi) is 4.07. The van der Waals surface area contributed by atoms with E-state index in [1.807, 2.05) is 0 Å². The molecule has 23 heavy (non-hydrogen) atoms. The second kappa shape index (κ2) is 6.17. The van der Waals surface area contributed by atoms with Crippen LogP contribution in [0.4, 0.5) is 18.3 Å². The fourth-order valence-corrected chi connectivity index (χ4v) is 2.56. The predicted octanol–water partition coefficient (Wildman–Crippen LogP) is 3.87. The Morgan fingerprint density at radius 3 is 2.70 bits per heavy atom. The minimum atomic E-state index is -1.69. The van der Waals surface area contributed by atoms with Crippen molar-refractivity contribution >= 4 is 22.4 Å². The van der Waals surface area contributed by atoms with Gasteiger partial charge < -0.3 is 0 Å². The molecule has 2 aromatic heterocycles. The number of nitrogens with one attached hydrogen (secondary N) is 1. The average Bonchev–Trinajstić information content (AvgIpc) is 3.02. The van der Waals surface area contributed by atoms with E-state index in [9.17, 15) is 18.0 Å². The van der Waals surface area contributed by atoms with Crippen molar-refractivity contribution in [2.75, 3.05) is 5.32 Å². The summed E-state index contributed by atoms with van der Waals surface area (Å²) in [6.07, 6.45) is 3.22. The van der Waals surface area contributed by atoms with E-state index < -0.39 is 28.9 Å². The largest absolute Gasteiger partial charge is 0.298 e. The molecule has 1 amide bonds. The number of benzene rings is 1. The molecule has 116 valence electrons. The normalized spacial score (nSPS) is 10.6. The first-order valence-electron chi connectivity index (χ1n) is 6.37. The highest BCUT2D eigenvalue weighted by Gasteiger charge is 2.19. The third kappa shape index (κ3) is 3.07. The first-order chi connectivity index (χ1) is 11.1. The fraction of sp³-hybridized carbons (Fsp3) is 0. The van der Waals surface area contributed by atoms with Gasteiger partial charge in [0, 0.05) is 23.3 Å². The van der Waals surface area contributed by atoms with Gasteiger partial charge in [0.05, 0.1) is 11.3 Å². The molecule has 0 atom stereocenters. The lowest BCUT2D eigenvalue weighted by atomic mass is 10.2. The van der Waals surface area contributed by atoms with Gasteiger partial charge in [-0.05, 0) is 24.3 Å². The van der Waals surface area contributed by atoms with Gasteiger partial charge in [0.15, 0.2) is 22.6 Å². The van der Waals surface area contributed by atoms with Gasteiger partial charge in [-0.25, -0.2) is 18.2 Å². The van der Waals surface area contributed by atoms with E-state index in [-0.39, 0.29) is 5.13 Å². The monoisotopic (exact) mass is 335 g/mol. The van der Waals surface area contributed by atoms with Crippen LogP contribution in [0.3, 0.4) is 0 Å². The third-order valence-electron chi connectivity index (χ3n) is 2.96. The number of aromatic nitrogens is 2. The highest BCUT2D eigenvalue weighted by molar-refractivity contribution is 7.14. The van der Waals surface area contributed by atoms with Crippen LogP contribution in [0, 0.1) is 17.5 Å². The van der Waals surface area contributed by atoms with Gasteiger partial charge in [0.25, 0.3) is 5.91 Å². The van der Waals surface area contributed by atoms with Crippen LogP contribution in [0.1, 0.15) is 10.4 Å². The van der Waals surface area contributed by atoms with Crippen molar-refractivity contribution in [3.63, 3.8) is 0 Å². The molecule has 0 aliphatic heterocycles. The summed E-state index contributed by atoms with van der Waals surface area (Å²) in [7, 11) is 0. The van der Waals surface area contributed by atoms with Crippen LogP contribution in [0.5, 0.6) is 0 Å². The Morgan fingerprint density at radius 1 is 1.13 bits per heavy atom. The summed E-state index contributed by atoms with van der Waals surface area (Å²) in [5.41, 5.74) is 0.745. The van der Waals surface area contributed by atoms with E-state index in [1.54, 1.807) is 29.9 Å². The molecule has 0 spiro atoms. The molecule has 1 N–H and O–H groups in total. The highest BCUT2D eigenvalue weighted by Crippen LogP contribution is 2.25. The predicted molar refractivity (Wildman–Crippen MR) is 79.6 cm³/mol. The van der Waals surface area contributed by atoms with Crippen LogP contribution >= 0.6 is 11.3 Å². The first kappa shape index (κ1) is 15.2. The number of anilines is 1. The van der Waals surface area contributed by atoms with Crippen molar-refractivity contribution in [3.8, 4) is 11.3 Å². The van der Waals surface area contributed by atoms with Gasteiger partial charge in [-0.15, -0.1) is 11.3 Å². The average molecular weight is 335 g/mol. The lowest BCUT2D eigenvalue weighted by Crippen LogP contribution is -2.15. The number of halogens is 3. The zero-order valence-corrected chi connectivity index (χ0v) is 12.2. The van der Waals surface area contributed by atoms with Gasteiger partial charge in [-0.3, -0.25) is 15.1 Å². The van der Waals surface area contributed by atoms with Crippen molar-refractivity contribution in [1.29, 1.82) is 0 Å². The zero-order valence-electron chi connectivity index (χ0n) is 11.4. The number of carbonyl (C=O) groups is 1. The van der Waals surface area contributed by atoms with Crippen LogP contribution in [-0.2, 0) is 0 Å².